The zero-order valence-corrected chi connectivity index (χ0v) is 20.1. The lowest BCUT2D eigenvalue weighted by atomic mass is 9.78. The molecule has 1 spiro atoms. The van der Waals surface area contributed by atoms with Crippen LogP contribution in [0.15, 0.2) is 24.3 Å². The number of hydrogen-bond acceptors (Lipinski definition) is 6. The molecule has 0 aromatic carbocycles. The number of ether oxygens (including phenoxy) is 2. The summed E-state index contributed by atoms with van der Waals surface area (Å²) in [6.07, 6.45) is 8.01. The third-order valence-corrected chi connectivity index (χ3v) is 7.56. The zero-order chi connectivity index (χ0) is 24.1. The van der Waals surface area contributed by atoms with Crippen molar-refractivity contribution < 1.29 is 29.0 Å². The first-order valence-electron chi connectivity index (χ1n) is 12.1. The van der Waals surface area contributed by atoms with Gasteiger partial charge >= 0.3 is 5.97 Å². The van der Waals surface area contributed by atoms with Gasteiger partial charge in [-0.15, -0.1) is 0 Å². The van der Waals surface area contributed by atoms with Gasteiger partial charge in [0.15, 0.2) is 0 Å². The lowest BCUT2D eigenvalue weighted by Gasteiger charge is -2.40. The zero-order valence-electron chi connectivity index (χ0n) is 20.1. The molecule has 182 valence electrons. The molecule has 0 aromatic heterocycles. The van der Waals surface area contributed by atoms with E-state index in [1.807, 2.05) is 58.9 Å². The lowest BCUT2D eigenvalue weighted by molar-refractivity contribution is -0.160. The molecule has 4 aliphatic rings. The number of fused-ring (bicyclic) bond motifs is 2. The number of carbonyl (C=O) groups is 3. The molecule has 4 heterocycles. The van der Waals surface area contributed by atoms with Crippen molar-refractivity contribution in [2.45, 2.75) is 83.4 Å². The minimum Gasteiger partial charge on any atom is -0.462 e. The predicted molar refractivity (Wildman–Crippen MR) is 121 cm³/mol. The van der Waals surface area contributed by atoms with Crippen LogP contribution in [0.2, 0.25) is 0 Å². The second-order valence-electron chi connectivity index (χ2n) is 10.3. The van der Waals surface area contributed by atoms with Crippen LogP contribution in [-0.2, 0) is 23.9 Å². The summed E-state index contributed by atoms with van der Waals surface area (Å²) in [7, 11) is 0. The highest BCUT2D eigenvalue weighted by atomic mass is 16.6. The third-order valence-electron chi connectivity index (χ3n) is 7.56. The molecule has 1 N–H and O–H groups in total. The summed E-state index contributed by atoms with van der Waals surface area (Å²) < 4.78 is 12.3. The fourth-order valence-electron chi connectivity index (χ4n) is 5.85. The number of cyclic esters (lactones) is 1. The van der Waals surface area contributed by atoms with E-state index in [0.717, 1.165) is 6.42 Å². The largest absolute Gasteiger partial charge is 0.462 e. The topological polar surface area (TPSA) is 96.4 Å². The van der Waals surface area contributed by atoms with E-state index in [-0.39, 0.29) is 36.5 Å². The van der Waals surface area contributed by atoms with Crippen molar-refractivity contribution in [2.24, 2.45) is 17.8 Å². The molecule has 33 heavy (non-hydrogen) atoms. The predicted octanol–water partition coefficient (Wildman–Crippen LogP) is 1.67. The molecule has 4 rings (SSSR count). The van der Waals surface area contributed by atoms with Gasteiger partial charge < -0.3 is 24.4 Å². The molecule has 0 bridgehead atoms. The van der Waals surface area contributed by atoms with Gasteiger partial charge in [0.1, 0.15) is 17.6 Å². The van der Waals surface area contributed by atoms with E-state index < -0.39 is 41.6 Å². The van der Waals surface area contributed by atoms with Crippen LogP contribution in [0.4, 0.5) is 0 Å². The number of nitrogens with zero attached hydrogens (tertiary/aromatic N) is 2. The Labute approximate surface area is 195 Å². The fourth-order valence-corrected chi connectivity index (χ4v) is 5.85. The van der Waals surface area contributed by atoms with Crippen molar-refractivity contribution >= 4 is 17.8 Å². The van der Waals surface area contributed by atoms with Gasteiger partial charge in [0.05, 0.1) is 30.8 Å². The Morgan fingerprint density at radius 1 is 1.15 bits per heavy atom. The van der Waals surface area contributed by atoms with Gasteiger partial charge in [0.2, 0.25) is 11.8 Å². The second kappa shape index (κ2) is 8.87. The summed E-state index contributed by atoms with van der Waals surface area (Å²) in [5, 5.41) is 10.2. The summed E-state index contributed by atoms with van der Waals surface area (Å²) in [5.41, 5.74) is -1.29. The van der Waals surface area contributed by atoms with Gasteiger partial charge in [-0.3, -0.25) is 14.4 Å². The van der Waals surface area contributed by atoms with Crippen molar-refractivity contribution in [3.63, 3.8) is 0 Å². The van der Waals surface area contributed by atoms with E-state index in [2.05, 4.69) is 0 Å². The smallest absolute Gasteiger partial charge is 0.313 e. The summed E-state index contributed by atoms with van der Waals surface area (Å²) in [4.78, 5) is 44.5. The van der Waals surface area contributed by atoms with Gasteiger partial charge in [-0.25, -0.2) is 0 Å². The molecule has 7 atom stereocenters. The summed E-state index contributed by atoms with van der Waals surface area (Å²) in [6.45, 7) is 9.65. The number of rotatable bonds is 4. The van der Waals surface area contributed by atoms with Gasteiger partial charge in [-0.2, -0.15) is 0 Å². The highest BCUT2D eigenvalue weighted by Crippen LogP contribution is 2.54. The standard InChI is InChI=1S/C25H36N2O6/c1-14(2)17(13-28)27-21-23(30)26(15(3)4)12-8-11-25(21)20(22(27)29)19-18(33-25)10-7-6-9-16(5)32-24(19)31/h7-8,10-11,14-21,28H,6,9,12-13H2,1-5H3/b10-7-/t16?,17?,18-,19?,20+,21-,25?/m1/s1. The van der Waals surface area contributed by atoms with Crippen LogP contribution in [0.3, 0.4) is 0 Å². The molecule has 2 amide bonds. The van der Waals surface area contributed by atoms with Gasteiger partial charge in [0.25, 0.3) is 0 Å². The van der Waals surface area contributed by atoms with Crippen molar-refractivity contribution in [3.05, 3.63) is 24.3 Å². The molecule has 8 nitrogen and oxygen atoms in total. The summed E-state index contributed by atoms with van der Waals surface area (Å²) >= 11 is 0. The summed E-state index contributed by atoms with van der Waals surface area (Å²) in [6, 6.07) is -1.60. The first-order chi connectivity index (χ1) is 15.6. The maximum atomic E-state index is 14.1. The number of hydrogen-bond donors (Lipinski definition) is 1. The molecule has 0 aromatic rings. The minimum absolute atomic E-state index is 0.0794. The molecule has 0 saturated carbocycles. The Balaban J connectivity index is 1.88. The van der Waals surface area contributed by atoms with Crippen molar-refractivity contribution in [1.82, 2.24) is 9.80 Å². The lowest BCUT2D eigenvalue weighted by Crippen LogP contribution is -2.59. The van der Waals surface area contributed by atoms with E-state index in [1.54, 1.807) is 4.90 Å². The molecule has 0 aliphatic carbocycles. The van der Waals surface area contributed by atoms with Crippen molar-refractivity contribution in [1.29, 1.82) is 0 Å². The van der Waals surface area contributed by atoms with Crippen molar-refractivity contribution in [3.8, 4) is 0 Å². The van der Waals surface area contributed by atoms with Crippen LogP contribution >= 0.6 is 0 Å². The van der Waals surface area contributed by atoms with E-state index >= 15 is 0 Å². The average Bonchev–Trinajstić information content (AvgIpc) is 3.13. The van der Waals surface area contributed by atoms with E-state index in [9.17, 15) is 19.5 Å². The monoisotopic (exact) mass is 460 g/mol. The number of aliphatic hydroxyl groups is 1. The highest BCUT2D eigenvalue weighted by molar-refractivity contribution is 5.99. The Hall–Kier alpha value is -2.19. The Bertz CT molecular complexity index is 867. The van der Waals surface area contributed by atoms with E-state index in [4.69, 9.17) is 9.47 Å². The fraction of sp³-hybridized carbons (Fsp3) is 0.720. The average molecular weight is 461 g/mol. The Morgan fingerprint density at radius 2 is 1.88 bits per heavy atom. The number of carbonyl (C=O) groups excluding carboxylic acids is 3. The Morgan fingerprint density at radius 3 is 2.52 bits per heavy atom. The molecule has 0 radical (unpaired) electrons. The SMILES string of the molecule is CC1CC/C=C\[C@H]2OC34C=CCN(C(C)C)C(=O)[C@H]3N(C(CO)C(C)C)C(=O)[C@@H]4C2C(=O)O1. The van der Waals surface area contributed by atoms with E-state index in [0.29, 0.717) is 13.0 Å². The molecular weight excluding hydrogens is 424 g/mol. The molecule has 2 fully saturated rings. The molecular formula is C25H36N2O6. The number of likely N-dealkylation sites (tertiary alicyclic amines) is 1. The third kappa shape index (κ3) is 3.71. The normalized spacial score (nSPS) is 38.3. The first kappa shape index (κ1) is 24.0. The van der Waals surface area contributed by atoms with Crippen molar-refractivity contribution in [2.75, 3.05) is 13.2 Å². The van der Waals surface area contributed by atoms with Crippen LogP contribution < -0.4 is 0 Å². The Kier molecular flexibility index (Phi) is 6.44. The van der Waals surface area contributed by atoms with E-state index in [1.165, 1.54) is 4.90 Å². The van der Waals surface area contributed by atoms with Gasteiger partial charge in [-0.05, 0) is 39.5 Å². The van der Waals surface area contributed by atoms with Crippen LogP contribution in [0.25, 0.3) is 0 Å². The summed E-state index contributed by atoms with van der Waals surface area (Å²) in [5.74, 6) is -2.86. The highest BCUT2D eigenvalue weighted by Gasteiger charge is 2.72. The van der Waals surface area contributed by atoms with Crippen LogP contribution in [-0.4, -0.2) is 81.8 Å². The number of allylic oxidation sites excluding steroid dienone is 1. The molecule has 2 saturated heterocycles. The second-order valence-corrected chi connectivity index (χ2v) is 10.3. The first-order valence-corrected chi connectivity index (χ1v) is 12.1. The molecule has 4 unspecified atom stereocenters. The van der Waals surface area contributed by atoms with Crippen LogP contribution in [0, 0.1) is 17.8 Å². The minimum atomic E-state index is -1.29. The number of amides is 2. The maximum absolute atomic E-state index is 14.1. The van der Waals surface area contributed by atoms with Crippen LogP contribution in [0.1, 0.15) is 47.5 Å². The van der Waals surface area contributed by atoms with Gasteiger partial charge in [0, 0.05) is 12.6 Å². The maximum Gasteiger partial charge on any atom is 0.313 e. The number of esters is 1. The van der Waals surface area contributed by atoms with Crippen LogP contribution in [0.5, 0.6) is 0 Å². The molecule has 4 aliphatic heterocycles. The van der Waals surface area contributed by atoms with Gasteiger partial charge in [-0.1, -0.05) is 38.2 Å². The quantitative estimate of drug-likeness (QED) is 0.507. The molecule has 8 heteroatoms. The number of aliphatic hydroxyl groups excluding tert-OH is 1.